The Bertz CT molecular complexity index is 1040. The lowest BCUT2D eigenvalue weighted by Gasteiger charge is -2.25. The number of sulfonamides is 1. The Morgan fingerprint density at radius 1 is 0.963 bits per heavy atom. The summed E-state index contributed by atoms with van der Waals surface area (Å²) in [7, 11) is -1.36. The molecule has 0 fully saturated rings. The van der Waals surface area contributed by atoms with Crippen LogP contribution in [-0.4, -0.2) is 28.6 Å². The Morgan fingerprint density at radius 3 is 2.33 bits per heavy atom. The molecule has 0 spiro atoms. The van der Waals surface area contributed by atoms with E-state index < -0.39 is 16.0 Å². The van der Waals surface area contributed by atoms with Crippen molar-refractivity contribution in [3.8, 4) is 5.75 Å². The number of methoxy groups -OCH3 is 2. The van der Waals surface area contributed by atoms with Crippen molar-refractivity contribution in [1.82, 2.24) is 0 Å². The average molecular weight is 403 g/mol. The van der Waals surface area contributed by atoms with Crippen LogP contribution in [0.5, 0.6) is 5.75 Å². The van der Waals surface area contributed by atoms with Crippen molar-refractivity contribution in [3.05, 3.63) is 70.9 Å². The van der Waals surface area contributed by atoms with Crippen molar-refractivity contribution in [3.63, 3.8) is 0 Å². The van der Waals surface area contributed by atoms with E-state index in [-0.39, 0.29) is 9.77 Å². The minimum Gasteiger partial charge on any atom is -0.497 e. The van der Waals surface area contributed by atoms with Gasteiger partial charge in [-0.15, -0.1) is 11.3 Å². The first-order chi connectivity index (χ1) is 13.0. The maximum atomic E-state index is 13.5. The Hall–Kier alpha value is -2.84. The molecule has 3 rings (SSSR count). The number of carbonyl (C=O) groups excluding carboxylic acids is 1. The molecule has 6 nitrogen and oxygen atoms in total. The third kappa shape index (κ3) is 3.67. The molecule has 0 aliphatic carbocycles. The van der Waals surface area contributed by atoms with E-state index in [1.807, 2.05) is 0 Å². The highest BCUT2D eigenvalue weighted by atomic mass is 32.2. The minimum absolute atomic E-state index is 0.0290. The fourth-order valence-corrected chi connectivity index (χ4v) is 5.36. The SMILES string of the molecule is COC(=O)c1sccc1S(=O)(=O)N(c1ccccc1)c1cccc(OC)c1. The van der Waals surface area contributed by atoms with E-state index in [2.05, 4.69) is 0 Å². The molecule has 3 aromatic rings. The number of hydrogen-bond donors (Lipinski definition) is 0. The molecule has 140 valence electrons. The molecule has 1 heterocycles. The van der Waals surface area contributed by atoms with Crippen LogP contribution < -0.4 is 9.04 Å². The van der Waals surface area contributed by atoms with Crippen LogP contribution in [0.3, 0.4) is 0 Å². The summed E-state index contributed by atoms with van der Waals surface area (Å²) in [6, 6.07) is 16.8. The molecule has 0 saturated carbocycles. The van der Waals surface area contributed by atoms with E-state index in [4.69, 9.17) is 9.47 Å². The van der Waals surface area contributed by atoms with Crippen LogP contribution in [0.2, 0.25) is 0 Å². The van der Waals surface area contributed by atoms with Gasteiger partial charge in [0.05, 0.1) is 25.6 Å². The first-order valence-corrected chi connectivity index (χ1v) is 10.2. The largest absolute Gasteiger partial charge is 0.497 e. The van der Waals surface area contributed by atoms with Gasteiger partial charge in [0.2, 0.25) is 0 Å². The van der Waals surface area contributed by atoms with Gasteiger partial charge < -0.3 is 9.47 Å². The second-order valence-corrected chi connectivity index (χ2v) is 8.08. The number of benzene rings is 2. The van der Waals surface area contributed by atoms with Crippen molar-refractivity contribution in [2.75, 3.05) is 18.5 Å². The molecule has 1 aromatic heterocycles. The average Bonchev–Trinajstić information content (AvgIpc) is 3.19. The summed E-state index contributed by atoms with van der Waals surface area (Å²) in [6.07, 6.45) is 0. The molecule has 0 bridgehead atoms. The van der Waals surface area contributed by atoms with Crippen LogP contribution in [0.1, 0.15) is 9.67 Å². The second-order valence-electron chi connectivity index (χ2n) is 5.41. The molecule has 0 unspecified atom stereocenters. The molecule has 8 heteroatoms. The topological polar surface area (TPSA) is 72.9 Å². The first-order valence-electron chi connectivity index (χ1n) is 7.89. The normalized spacial score (nSPS) is 11.0. The quantitative estimate of drug-likeness (QED) is 0.580. The number of ether oxygens (including phenoxy) is 2. The Morgan fingerprint density at radius 2 is 1.67 bits per heavy atom. The standard InChI is InChI=1S/C19H17NO5S2/c1-24-16-10-6-9-15(13-16)20(14-7-4-3-5-8-14)27(22,23)17-11-12-26-18(17)19(21)25-2/h3-13H,1-2H3. The summed E-state index contributed by atoms with van der Waals surface area (Å²) in [6.45, 7) is 0. The number of esters is 1. The van der Waals surface area contributed by atoms with E-state index in [1.165, 1.54) is 24.6 Å². The Kier molecular flexibility index (Phi) is 5.48. The van der Waals surface area contributed by atoms with Crippen molar-refractivity contribution in [1.29, 1.82) is 0 Å². The number of carbonyl (C=O) groups is 1. The summed E-state index contributed by atoms with van der Waals surface area (Å²) < 4.78 is 38.2. The number of para-hydroxylation sites is 1. The lowest BCUT2D eigenvalue weighted by atomic mass is 10.2. The van der Waals surface area contributed by atoms with Gasteiger partial charge in [-0.05, 0) is 35.7 Å². The maximum Gasteiger partial charge on any atom is 0.349 e. The Labute approximate surface area is 161 Å². The van der Waals surface area contributed by atoms with Gasteiger partial charge >= 0.3 is 5.97 Å². The van der Waals surface area contributed by atoms with Gasteiger partial charge in [0, 0.05) is 6.07 Å². The highest BCUT2D eigenvalue weighted by Gasteiger charge is 2.32. The van der Waals surface area contributed by atoms with Crippen LogP contribution >= 0.6 is 11.3 Å². The van der Waals surface area contributed by atoms with Gasteiger partial charge in [-0.1, -0.05) is 24.3 Å². The van der Waals surface area contributed by atoms with E-state index in [9.17, 15) is 13.2 Å². The smallest absolute Gasteiger partial charge is 0.349 e. The van der Waals surface area contributed by atoms with Crippen molar-refractivity contribution in [2.24, 2.45) is 0 Å². The van der Waals surface area contributed by atoms with Gasteiger partial charge in [0.15, 0.2) is 0 Å². The molecule has 0 N–H and O–H groups in total. The fraction of sp³-hybridized carbons (Fsp3) is 0.105. The molecule has 0 aliphatic heterocycles. The predicted octanol–water partition coefficient (Wildman–Crippen LogP) is 4.07. The van der Waals surface area contributed by atoms with Crippen molar-refractivity contribution < 1.29 is 22.7 Å². The number of nitrogens with zero attached hydrogens (tertiary/aromatic N) is 1. The van der Waals surface area contributed by atoms with E-state index >= 15 is 0 Å². The second kappa shape index (κ2) is 7.81. The lowest BCUT2D eigenvalue weighted by Crippen LogP contribution is -2.27. The molecule has 0 saturated heterocycles. The highest BCUT2D eigenvalue weighted by Crippen LogP contribution is 2.36. The van der Waals surface area contributed by atoms with Crippen molar-refractivity contribution in [2.45, 2.75) is 4.90 Å². The number of thiophene rings is 1. The summed E-state index contributed by atoms with van der Waals surface area (Å²) in [5.74, 6) is -0.177. The maximum absolute atomic E-state index is 13.5. The number of hydrogen-bond acceptors (Lipinski definition) is 6. The van der Waals surface area contributed by atoms with Gasteiger partial charge in [0.1, 0.15) is 15.5 Å². The van der Waals surface area contributed by atoms with Crippen LogP contribution in [0.15, 0.2) is 70.9 Å². The molecule has 2 aromatic carbocycles. The van der Waals surface area contributed by atoms with Crippen LogP contribution in [-0.2, 0) is 14.8 Å². The van der Waals surface area contributed by atoms with E-state index in [0.717, 1.165) is 11.3 Å². The zero-order chi connectivity index (χ0) is 19.4. The van der Waals surface area contributed by atoms with Crippen molar-refractivity contribution >= 4 is 38.7 Å². The van der Waals surface area contributed by atoms with Crippen LogP contribution in [0, 0.1) is 0 Å². The molecular formula is C19H17NO5S2. The summed E-state index contributed by atoms with van der Waals surface area (Å²) in [4.78, 5) is 11.9. The fourth-order valence-electron chi connectivity index (χ4n) is 2.57. The summed E-state index contributed by atoms with van der Waals surface area (Å²) in [5, 5.41) is 1.55. The van der Waals surface area contributed by atoms with Gasteiger partial charge in [-0.3, -0.25) is 0 Å². The van der Waals surface area contributed by atoms with E-state index in [1.54, 1.807) is 60.0 Å². The zero-order valence-corrected chi connectivity index (χ0v) is 16.3. The molecular weight excluding hydrogens is 386 g/mol. The Balaban J connectivity index is 2.22. The van der Waals surface area contributed by atoms with Gasteiger partial charge in [-0.2, -0.15) is 0 Å². The first kappa shape index (κ1) is 18.9. The minimum atomic E-state index is -4.09. The van der Waals surface area contributed by atoms with Gasteiger partial charge in [0.25, 0.3) is 10.0 Å². The van der Waals surface area contributed by atoms with Crippen LogP contribution in [0.4, 0.5) is 11.4 Å². The molecule has 0 radical (unpaired) electrons. The summed E-state index contributed by atoms with van der Waals surface area (Å²) >= 11 is 1.02. The summed E-state index contributed by atoms with van der Waals surface area (Å²) in [5.41, 5.74) is 0.829. The zero-order valence-electron chi connectivity index (χ0n) is 14.7. The monoisotopic (exact) mass is 403 g/mol. The lowest BCUT2D eigenvalue weighted by molar-refractivity contribution is 0.0602. The molecule has 0 amide bonds. The van der Waals surface area contributed by atoms with E-state index in [0.29, 0.717) is 17.1 Å². The predicted molar refractivity (Wildman–Crippen MR) is 104 cm³/mol. The van der Waals surface area contributed by atoms with Crippen LogP contribution in [0.25, 0.3) is 0 Å². The number of anilines is 2. The number of rotatable bonds is 6. The highest BCUT2D eigenvalue weighted by molar-refractivity contribution is 7.93. The third-order valence-corrected chi connectivity index (χ3v) is 6.62. The third-order valence-electron chi connectivity index (χ3n) is 3.80. The molecule has 27 heavy (non-hydrogen) atoms. The van der Waals surface area contributed by atoms with Gasteiger partial charge in [-0.25, -0.2) is 17.5 Å². The molecule has 0 aliphatic rings. The molecule has 0 atom stereocenters.